The number of carboxylic acid groups (broad SMARTS) is 1. The third kappa shape index (κ3) is 4.24. The lowest BCUT2D eigenvalue weighted by Crippen LogP contribution is -2.33. The first-order valence-corrected chi connectivity index (χ1v) is 9.50. The molecule has 1 aliphatic rings. The molecule has 5 atom stereocenters. The van der Waals surface area contributed by atoms with E-state index >= 15 is 0 Å². The fourth-order valence-corrected chi connectivity index (χ4v) is 3.65. The Kier molecular flexibility index (Phi) is 5.42. The third-order valence-corrected chi connectivity index (χ3v) is 5.26. The van der Waals surface area contributed by atoms with Crippen LogP contribution < -0.4 is 10.8 Å². The minimum atomic E-state index is -4.39. The molecule has 3 rings (SSSR count). The first-order valence-electron chi connectivity index (χ1n) is 7.92. The molecular weight excluding hydrogens is 383 g/mol. The van der Waals surface area contributed by atoms with Crippen LogP contribution in [0.15, 0.2) is 12.7 Å². The molecule has 0 amide bonds. The first-order chi connectivity index (χ1) is 12.7. The maximum Gasteiger partial charge on any atom is 0.403 e. The summed E-state index contributed by atoms with van der Waals surface area (Å²) in [5, 5.41) is 20.9. The Bertz CT molecular complexity index is 891. The van der Waals surface area contributed by atoms with Gasteiger partial charge in [-0.2, -0.15) is 0 Å². The van der Waals surface area contributed by atoms with E-state index < -0.39 is 44.8 Å². The number of anilines is 1. The van der Waals surface area contributed by atoms with Crippen LogP contribution in [0.4, 0.5) is 5.82 Å². The van der Waals surface area contributed by atoms with Gasteiger partial charge in [0.1, 0.15) is 30.2 Å². The number of carboxylic acids is 1. The quantitative estimate of drug-likeness (QED) is 0.364. The largest absolute Gasteiger partial charge is 0.480 e. The Balaban J connectivity index is 1.65. The predicted molar refractivity (Wildman–Crippen MR) is 90.3 cm³/mol. The van der Waals surface area contributed by atoms with Crippen molar-refractivity contribution in [2.75, 3.05) is 12.3 Å². The molecule has 13 nitrogen and oxygen atoms in total. The molecule has 14 heteroatoms. The molecule has 1 aliphatic heterocycles. The molecule has 1 saturated heterocycles. The van der Waals surface area contributed by atoms with Crippen LogP contribution in [0.5, 0.6) is 0 Å². The molecule has 6 N–H and O–H groups in total. The second kappa shape index (κ2) is 7.46. The van der Waals surface area contributed by atoms with E-state index in [0.717, 1.165) is 0 Å². The second-order valence-corrected chi connectivity index (χ2v) is 7.58. The molecule has 0 saturated carbocycles. The zero-order valence-corrected chi connectivity index (χ0v) is 15.1. The number of fused-ring (bicyclic) bond motifs is 1. The van der Waals surface area contributed by atoms with Crippen LogP contribution in [0.25, 0.3) is 11.2 Å². The highest BCUT2D eigenvalue weighted by Gasteiger charge is 2.38. The van der Waals surface area contributed by atoms with Crippen molar-refractivity contribution in [3.8, 4) is 0 Å². The van der Waals surface area contributed by atoms with Gasteiger partial charge in [-0.15, -0.1) is 0 Å². The molecular formula is C13H19N6O7P. The highest BCUT2D eigenvalue weighted by Crippen LogP contribution is 2.39. The average Bonchev–Trinajstić information content (AvgIpc) is 3.17. The normalized spacial score (nSPS) is 26.1. The van der Waals surface area contributed by atoms with E-state index in [1.165, 1.54) is 19.6 Å². The molecule has 27 heavy (non-hydrogen) atoms. The summed E-state index contributed by atoms with van der Waals surface area (Å²) >= 11 is 0. The molecule has 0 radical (unpaired) electrons. The van der Waals surface area contributed by atoms with Crippen molar-refractivity contribution in [2.24, 2.45) is 0 Å². The first kappa shape index (κ1) is 19.6. The van der Waals surface area contributed by atoms with Crippen molar-refractivity contribution < 1.29 is 33.7 Å². The number of hydrogen-bond donors (Lipinski definition) is 5. The molecule has 2 aromatic rings. The summed E-state index contributed by atoms with van der Waals surface area (Å²) in [7, 11) is -4.39. The van der Waals surface area contributed by atoms with Crippen molar-refractivity contribution in [2.45, 2.75) is 37.8 Å². The van der Waals surface area contributed by atoms with Gasteiger partial charge >= 0.3 is 13.7 Å². The van der Waals surface area contributed by atoms with Gasteiger partial charge in [0, 0.05) is 6.42 Å². The highest BCUT2D eigenvalue weighted by atomic mass is 31.2. The van der Waals surface area contributed by atoms with Gasteiger partial charge in [-0.1, -0.05) is 0 Å². The van der Waals surface area contributed by atoms with Crippen LogP contribution in [0.2, 0.25) is 0 Å². The number of carbonyl (C=O) groups is 1. The molecule has 1 fully saturated rings. The lowest BCUT2D eigenvalue weighted by atomic mass is 10.2. The van der Waals surface area contributed by atoms with Gasteiger partial charge in [-0.05, 0) is 6.92 Å². The smallest absolute Gasteiger partial charge is 0.403 e. The van der Waals surface area contributed by atoms with Gasteiger partial charge in [0.15, 0.2) is 11.5 Å². The van der Waals surface area contributed by atoms with Crippen molar-refractivity contribution in [1.82, 2.24) is 24.6 Å². The molecule has 2 unspecified atom stereocenters. The number of rotatable bonds is 7. The molecule has 0 aliphatic carbocycles. The Labute approximate surface area is 152 Å². The van der Waals surface area contributed by atoms with Crippen LogP contribution in [-0.4, -0.2) is 65.5 Å². The summed E-state index contributed by atoms with van der Waals surface area (Å²) in [6.45, 7) is 0.776. The maximum atomic E-state index is 11.9. The fourth-order valence-electron chi connectivity index (χ4n) is 2.63. The number of aliphatic carboxylic acids is 1. The number of nitrogen functional groups attached to an aromatic ring is 1. The molecule has 2 aromatic heterocycles. The third-order valence-electron chi connectivity index (χ3n) is 4.04. The van der Waals surface area contributed by atoms with E-state index in [1.54, 1.807) is 4.57 Å². The Morgan fingerprint density at radius 3 is 3.00 bits per heavy atom. The summed E-state index contributed by atoms with van der Waals surface area (Å²) < 4.78 is 24.0. The van der Waals surface area contributed by atoms with Crippen LogP contribution >= 0.6 is 7.75 Å². The zero-order chi connectivity index (χ0) is 19.8. The number of aliphatic hydroxyl groups excluding tert-OH is 1. The minimum Gasteiger partial charge on any atom is -0.480 e. The molecule has 148 valence electrons. The average molecular weight is 402 g/mol. The Hall–Kier alpha value is -2.15. The second-order valence-electron chi connectivity index (χ2n) is 6.02. The lowest BCUT2D eigenvalue weighted by Gasteiger charge is -2.20. The fraction of sp³-hybridized carbons (Fsp3) is 0.538. The number of imidazole rings is 1. The number of nitrogens with zero attached hydrogens (tertiary/aromatic N) is 4. The number of ether oxygens (including phenoxy) is 1. The Morgan fingerprint density at radius 2 is 2.30 bits per heavy atom. The van der Waals surface area contributed by atoms with E-state index in [-0.39, 0.29) is 12.2 Å². The van der Waals surface area contributed by atoms with E-state index in [2.05, 4.69) is 15.0 Å². The molecule has 0 aromatic carbocycles. The number of nitrogens with two attached hydrogens (primary N) is 1. The van der Waals surface area contributed by atoms with Gasteiger partial charge in [0.05, 0.1) is 19.0 Å². The van der Waals surface area contributed by atoms with E-state index in [4.69, 9.17) is 20.1 Å². The number of aromatic nitrogens is 4. The van der Waals surface area contributed by atoms with Gasteiger partial charge in [0.2, 0.25) is 0 Å². The summed E-state index contributed by atoms with van der Waals surface area (Å²) in [6, 6.07) is -1.29. The topological polar surface area (TPSA) is 195 Å². The highest BCUT2D eigenvalue weighted by molar-refractivity contribution is 7.50. The summed E-state index contributed by atoms with van der Waals surface area (Å²) in [5.74, 6) is -1.10. The molecule has 0 bridgehead atoms. The predicted octanol–water partition coefficient (Wildman–Crippen LogP) is -0.763. The number of nitrogens with one attached hydrogen (secondary N) is 1. The monoisotopic (exact) mass is 402 g/mol. The van der Waals surface area contributed by atoms with Gasteiger partial charge < -0.3 is 25.6 Å². The number of aliphatic hydroxyl groups is 1. The van der Waals surface area contributed by atoms with Crippen LogP contribution in [-0.2, 0) is 18.6 Å². The minimum absolute atomic E-state index is 0.165. The van der Waals surface area contributed by atoms with Gasteiger partial charge in [-0.3, -0.25) is 13.9 Å². The van der Waals surface area contributed by atoms with E-state index in [1.807, 2.05) is 5.09 Å². The Morgan fingerprint density at radius 1 is 1.56 bits per heavy atom. The SMILES string of the molecule is CC(NP(=O)(O)OC[C@H]1O[C@@H](n2cnc3c(N)ncnc32)C[C@@H]1O)C(=O)O. The van der Waals surface area contributed by atoms with Crippen LogP contribution in [0.1, 0.15) is 19.6 Å². The van der Waals surface area contributed by atoms with Crippen molar-refractivity contribution in [1.29, 1.82) is 0 Å². The van der Waals surface area contributed by atoms with E-state index in [9.17, 15) is 19.4 Å². The summed E-state index contributed by atoms with van der Waals surface area (Å²) in [6.07, 6.45) is 0.357. The molecule has 3 heterocycles. The van der Waals surface area contributed by atoms with Crippen molar-refractivity contribution >= 4 is 30.7 Å². The van der Waals surface area contributed by atoms with Crippen molar-refractivity contribution in [3.63, 3.8) is 0 Å². The molecule has 0 spiro atoms. The summed E-state index contributed by atoms with van der Waals surface area (Å²) in [5.41, 5.74) is 6.55. The summed E-state index contributed by atoms with van der Waals surface area (Å²) in [4.78, 5) is 32.5. The van der Waals surface area contributed by atoms with Gasteiger partial charge in [-0.25, -0.2) is 24.6 Å². The van der Waals surface area contributed by atoms with Crippen LogP contribution in [0, 0.1) is 0 Å². The van der Waals surface area contributed by atoms with Crippen LogP contribution in [0.3, 0.4) is 0 Å². The standard InChI is InChI=1S/C13H19N6O7P/c1-6(13(21)22)18-27(23,24)25-3-8-7(20)2-9(26-8)19-5-17-10-11(14)15-4-16-12(10)19/h4-9,20H,2-3H2,1H3,(H,21,22)(H2,14,15,16)(H2,18,23,24)/t6?,7-,8+,9+/m0/s1. The zero-order valence-electron chi connectivity index (χ0n) is 14.2. The van der Waals surface area contributed by atoms with E-state index in [0.29, 0.717) is 11.2 Å². The lowest BCUT2D eigenvalue weighted by molar-refractivity contribution is -0.138. The van der Waals surface area contributed by atoms with Gasteiger partial charge in [0.25, 0.3) is 0 Å². The number of hydrogen-bond acceptors (Lipinski definition) is 9. The van der Waals surface area contributed by atoms with Crippen molar-refractivity contribution in [3.05, 3.63) is 12.7 Å². The maximum absolute atomic E-state index is 11.9.